The Morgan fingerprint density at radius 2 is 1.74 bits per heavy atom. The van der Waals surface area contributed by atoms with Crippen LogP contribution < -0.4 is 0 Å². The van der Waals surface area contributed by atoms with E-state index >= 15 is 0 Å². The molecule has 0 spiro atoms. The van der Waals surface area contributed by atoms with Crippen molar-refractivity contribution in [3.05, 3.63) is 29.8 Å². The molecule has 0 aromatic heterocycles. The van der Waals surface area contributed by atoms with Gasteiger partial charge in [-0.1, -0.05) is 26.0 Å². The number of sulfone groups is 1. The average Bonchev–Trinajstić information content (AvgIpc) is 2.37. The predicted octanol–water partition coefficient (Wildman–Crippen LogP) is 2.37. The summed E-state index contributed by atoms with van der Waals surface area (Å²) in [6.45, 7) is 4.18. The van der Waals surface area contributed by atoms with Gasteiger partial charge < -0.3 is 4.74 Å². The van der Waals surface area contributed by atoms with Gasteiger partial charge in [-0.25, -0.2) is 8.42 Å². The van der Waals surface area contributed by atoms with Crippen LogP contribution in [0.4, 0.5) is 0 Å². The molecule has 0 unspecified atom stereocenters. The Bertz CT molecular complexity index is 503. The Labute approximate surface area is 114 Å². The van der Waals surface area contributed by atoms with E-state index < -0.39 is 9.84 Å². The van der Waals surface area contributed by atoms with Crippen molar-refractivity contribution in [2.24, 2.45) is 0 Å². The van der Waals surface area contributed by atoms with Gasteiger partial charge in [0.2, 0.25) is 0 Å². The molecule has 0 bridgehead atoms. The Morgan fingerprint density at radius 3 is 2.26 bits per heavy atom. The maximum Gasteiger partial charge on any atom is 0.310 e. The zero-order valence-corrected chi connectivity index (χ0v) is 12.2. The van der Waals surface area contributed by atoms with Gasteiger partial charge in [0, 0.05) is 0 Å². The van der Waals surface area contributed by atoms with Crippen LogP contribution in [0.15, 0.2) is 29.2 Å². The molecule has 19 heavy (non-hydrogen) atoms. The van der Waals surface area contributed by atoms with Gasteiger partial charge in [0.25, 0.3) is 0 Å². The highest BCUT2D eigenvalue weighted by Gasteiger charge is 2.13. The summed E-state index contributed by atoms with van der Waals surface area (Å²) in [7, 11) is -3.19. The molecular weight excluding hydrogens is 264 g/mol. The minimum absolute atomic E-state index is 0.144. The zero-order valence-electron chi connectivity index (χ0n) is 11.4. The molecule has 0 fully saturated rings. The third-order valence-electron chi connectivity index (χ3n) is 2.57. The highest BCUT2D eigenvalue weighted by molar-refractivity contribution is 7.91. The van der Waals surface area contributed by atoms with Crippen LogP contribution in [0.3, 0.4) is 0 Å². The van der Waals surface area contributed by atoms with Crippen LogP contribution in [-0.4, -0.2) is 26.7 Å². The second kappa shape index (κ2) is 7.28. The van der Waals surface area contributed by atoms with E-state index in [-0.39, 0.29) is 18.1 Å². The molecule has 1 aromatic carbocycles. The molecular formula is C14H20O4S. The van der Waals surface area contributed by atoms with E-state index in [1.807, 2.05) is 13.8 Å². The van der Waals surface area contributed by atoms with Gasteiger partial charge in [-0.3, -0.25) is 4.79 Å². The summed E-state index contributed by atoms with van der Waals surface area (Å²) in [5.74, 6) is -0.142. The van der Waals surface area contributed by atoms with E-state index in [0.29, 0.717) is 17.9 Å². The number of rotatable bonds is 7. The summed E-state index contributed by atoms with van der Waals surface area (Å²) in [5.41, 5.74) is 0.761. The zero-order chi connectivity index (χ0) is 14.3. The number of ether oxygens (including phenoxy) is 1. The molecule has 0 atom stereocenters. The van der Waals surface area contributed by atoms with Crippen molar-refractivity contribution in [1.82, 2.24) is 0 Å². The van der Waals surface area contributed by atoms with Crippen molar-refractivity contribution < 1.29 is 17.9 Å². The lowest BCUT2D eigenvalue weighted by atomic mass is 10.1. The molecule has 106 valence electrons. The number of carbonyl (C=O) groups is 1. The second-order valence-electron chi connectivity index (χ2n) is 4.36. The maximum atomic E-state index is 11.8. The van der Waals surface area contributed by atoms with E-state index in [0.717, 1.165) is 12.0 Å². The molecule has 0 aliphatic rings. The molecule has 1 aromatic rings. The normalized spacial score (nSPS) is 11.3. The monoisotopic (exact) mass is 284 g/mol. The molecule has 4 nitrogen and oxygen atoms in total. The van der Waals surface area contributed by atoms with E-state index in [2.05, 4.69) is 0 Å². The van der Waals surface area contributed by atoms with Gasteiger partial charge in [0.1, 0.15) is 0 Å². The molecule has 0 N–H and O–H groups in total. The van der Waals surface area contributed by atoms with Crippen molar-refractivity contribution in [3.63, 3.8) is 0 Å². The lowest BCUT2D eigenvalue weighted by molar-refractivity contribution is -0.142. The van der Waals surface area contributed by atoms with Gasteiger partial charge in [0.15, 0.2) is 9.84 Å². The van der Waals surface area contributed by atoms with Crippen molar-refractivity contribution >= 4 is 15.8 Å². The Kier molecular flexibility index (Phi) is 6.02. The van der Waals surface area contributed by atoms with Crippen LogP contribution in [-0.2, 0) is 25.8 Å². The van der Waals surface area contributed by atoms with Crippen LogP contribution in [0.2, 0.25) is 0 Å². The van der Waals surface area contributed by atoms with Gasteiger partial charge in [-0.2, -0.15) is 0 Å². The first kappa shape index (κ1) is 15.7. The Morgan fingerprint density at radius 1 is 1.11 bits per heavy atom. The minimum Gasteiger partial charge on any atom is -0.465 e. The van der Waals surface area contributed by atoms with Gasteiger partial charge in [-0.15, -0.1) is 0 Å². The van der Waals surface area contributed by atoms with Crippen LogP contribution in [0, 0.1) is 0 Å². The number of hydrogen-bond donors (Lipinski definition) is 0. The lowest BCUT2D eigenvalue weighted by Crippen LogP contribution is -2.09. The van der Waals surface area contributed by atoms with Crippen molar-refractivity contribution in [1.29, 1.82) is 0 Å². The Balaban J connectivity index is 2.69. The first-order valence-electron chi connectivity index (χ1n) is 6.47. The lowest BCUT2D eigenvalue weighted by Gasteiger charge is -2.05. The van der Waals surface area contributed by atoms with E-state index in [4.69, 9.17) is 4.74 Å². The second-order valence-corrected chi connectivity index (χ2v) is 6.47. The molecule has 0 radical (unpaired) electrons. The molecule has 0 saturated heterocycles. The van der Waals surface area contributed by atoms with Crippen LogP contribution >= 0.6 is 0 Å². The average molecular weight is 284 g/mol. The third-order valence-corrected chi connectivity index (χ3v) is 4.51. The van der Waals surface area contributed by atoms with Crippen molar-refractivity contribution in [3.8, 4) is 0 Å². The molecule has 0 saturated carbocycles. The fraction of sp³-hybridized carbons (Fsp3) is 0.500. The van der Waals surface area contributed by atoms with E-state index in [9.17, 15) is 13.2 Å². The summed E-state index contributed by atoms with van der Waals surface area (Å²) in [6, 6.07) is 6.42. The smallest absolute Gasteiger partial charge is 0.310 e. The largest absolute Gasteiger partial charge is 0.465 e. The molecule has 5 heteroatoms. The van der Waals surface area contributed by atoms with Crippen molar-refractivity contribution in [2.45, 2.75) is 38.0 Å². The van der Waals surface area contributed by atoms with Crippen molar-refractivity contribution in [2.75, 3.05) is 12.4 Å². The van der Waals surface area contributed by atoms with Gasteiger partial charge in [-0.05, 0) is 30.5 Å². The summed E-state index contributed by atoms with van der Waals surface area (Å²) in [5, 5.41) is 0. The fourth-order valence-corrected chi connectivity index (χ4v) is 2.96. The highest BCUT2D eigenvalue weighted by atomic mass is 32.2. The third kappa shape index (κ3) is 5.03. The van der Waals surface area contributed by atoms with Crippen LogP contribution in [0.5, 0.6) is 0 Å². The molecule has 0 heterocycles. The van der Waals surface area contributed by atoms with Crippen LogP contribution in [0.25, 0.3) is 0 Å². The molecule has 0 aliphatic carbocycles. The standard InChI is InChI=1S/C14H20O4S/c1-3-9-18-14(15)11-12-5-7-13(8-6-12)19(16,17)10-4-2/h5-8H,3-4,9-11H2,1-2H3. The molecule has 0 amide bonds. The topological polar surface area (TPSA) is 60.4 Å². The van der Waals surface area contributed by atoms with Gasteiger partial charge >= 0.3 is 5.97 Å². The van der Waals surface area contributed by atoms with Gasteiger partial charge in [0.05, 0.1) is 23.7 Å². The molecule has 1 rings (SSSR count). The van der Waals surface area contributed by atoms with E-state index in [1.165, 1.54) is 0 Å². The summed E-state index contributed by atoms with van der Waals surface area (Å²) < 4.78 is 28.6. The maximum absolute atomic E-state index is 11.8. The number of benzene rings is 1. The highest BCUT2D eigenvalue weighted by Crippen LogP contribution is 2.14. The van der Waals surface area contributed by atoms with Crippen LogP contribution in [0.1, 0.15) is 32.3 Å². The van der Waals surface area contributed by atoms with E-state index in [1.54, 1.807) is 24.3 Å². The SMILES string of the molecule is CCCOC(=O)Cc1ccc(S(=O)(=O)CCC)cc1. The predicted molar refractivity (Wildman–Crippen MR) is 73.7 cm³/mol. The summed E-state index contributed by atoms with van der Waals surface area (Å²) >= 11 is 0. The Hall–Kier alpha value is -1.36. The number of carbonyl (C=O) groups excluding carboxylic acids is 1. The first-order valence-corrected chi connectivity index (χ1v) is 8.12. The first-order chi connectivity index (χ1) is 8.99. The molecule has 0 aliphatic heterocycles. The minimum atomic E-state index is -3.19. The quantitative estimate of drug-likeness (QED) is 0.721. The fourth-order valence-electron chi connectivity index (χ4n) is 1.63. The summed E-state index contributed by atoms with van der Waals surface area (Å²) in [4.78, 5) is 11.7. The number of esters is 1. The number of hydrogen-bond acceptors (Lipinski definition) is 4. The summed E-state index contributed by atoms with van der Waals surface area (Å²) in [6.07, 6.45) is 1.56.